The van der Waals surface area contributed by atoms with E-state index in [1.807, 2.05) is 24.3 Å². The molecule has 9 nitrogen and oxygen atoms in total. The summed E-state index contributed by atoms with van der Waals surface area (Å²) in [6.45, 7) is 3.18. The molecular formula is C27H30ClN5O4. The Morgan fingerprint density at radius 3 is 2.62 bits per heavy atom. The Balaban J connectivity index is 1.12. The summed E-state index contributed by atoms with van der Waals surface area (Å²) in [5, 5.41) is 10.5. The Bertz CT molecular complexity index is 1230. The van der Waals surface area contributed by atoms with Gasteiger partial charge in [-0.15, -0.1) is 0 Å². The molecule has 1 aromatic heterocycles. The van der Waals surface area contributed by atoms with Gasteiger partial charge in [-0.2, -0.15) is 4.98 Å². The van der Waals surface area contributed by atoms with Gasteiger partial charge in [0, 0.05) is 24.6 Å². The number of hydrogen-bond donors (Lipinski definition) is 2. The lowest BCUT2D eigenvalue weighted by molar-refractivity contribution is -0.121. The Morgan fingerprint density at radius 2 is 1.84 bits per heavy atom. The molecule has 0 spiro atoms. The van der Waals surface area contributed by atoms with Crippen molar-refractivity contribution in [3.8, 4) is 11.4 Å². The van der Waals surface area contributed by atoms with Crippen molar-refractivity contribution in [3.63, 3.8) is 0 Å². The fourth-order valence-electron chi connectivity index (χ4n) is 4.75. The van der Waals surface area contributed by atoms with Crippen LogP contribution in [0.3, 0.4) is 0 Å². The minimum Gasteiger partial charge on any atom is -0.376 e. The van der Waals surface area contributed by atoms with Crippen LogP contribution >= 0.6 is 11.6 Å². The first-order valence-electron chi connectivity index (χ1n) is 12.7. The average molecular weight is 524 g/mol. The van der Waals surface area contributed by atoms with Crippen molar-refractivity contribution in [1.82, 2.24) is 20.4 Å². The van der Waals surface area contributed by atoms with Crippen LogP contribution in [0.4, 0.5) is 5.69 Å². The van der Waals surface area contributed by atoms with E-state index < -0.39 is 0 Å². The maximum atomic E-state index is 13.0. The number of anilines is 1. The molecule has 2 N–H and O–H groups in total. The maximum absolute atomic E-state index is 13.0. The predicted molar refractivity (Wildman–Crippen MR) is 139 cm³/mol. The number of nitrogens with one attached hydrogen (secondary N) is 2. The van der Waals surface area contributed by atoms with Crippen LogP contribution in [-0.4, -0.2) is 59.2 Å². The van der Waals surface area contributed by atoms with Crippen LogP contribution in [0.5, 0.6) is 0 Å². The molecule has 2 aliphatic rings. The molecule has 10 heteroatoms. The van der Waals surface area contributed by atoms with Gasteiger partial charge in [0.15, 0.2) is 0 Å². The second-order valence-electron chi connectivity index (χ2n) is 9.42. The topological polar surface area (TPSA) is 110 Å². The van der Waals surface area contributed by atoms with Crippen LogP contribution in [0.2, 0.25) is 5.02 Å². The second-order valence-corrected chi connectivity index (χ2v) is 9.83. The number of ether oxygens (including phenoxy) is 1. The van der Waals surface area contributed by atoms with Gasteiger partial charge < -0.3 is 19.9 Å². The first-order chi connectivity index (χ1) is 18.1. The molecule has 1 unspecified atom stereocenters. The average Bonchev–Trinajstić information content (AvgIpc) is 3.61. The van der Waals surface area contributed by atoms with Gasteiger partial charge in [0.2, 0.25) is 17.6 Å². The van der Waals surface area contributed by atoms with Crippen molar-refractivity contribution in [1.29, 1.82) is 0 Å². The highest BCUT2D eigenvalue weighted by Gasteiger charge is 2.27. The number of hydrogen-bond acceptors (Lipinski definition) is 7. The van der Waals surface area contributed by atoms with Crippen molar-refractivity contribution in [3.05, 3.63) is 65.0 Å². The van der Waals surface area contributed by atoms with Gasteiger partial charge in [0.1, 0.15) is 0 Å². The highest BCUT2D eigenvalue weighted by atomic mass is 35.5. The largest absolute Gasteiger partial charge is 0.376 e. The van der Waals surface area contributed by atoms with Crippen LogP contribution < -0.4 is 10.6 Å². The summed E-state index contributed by atoms with van der Waals surface area (Å²) in [4.78, 5) is 32.5. The van der Waals surface area contributed by atoms with E-state index in [-0.39, 0.29) is 23.8 Å². The highest BCUT2D eigenvalue weighted by Crippen LogP contribution is 2.26. The Hall–Kier alpha value is -3.27. The van der Waals surface area contributed by atoms with Crippen LogP contribution in [0.25, 0.3) is 11.4 Å². The Labute approximate surface area is 220 Å². The standard InChI is InChI=1S/C27H30ClN5O4/c28-22-9-3-1-7-20(22)25-31-24(37-32-25)17-33-13-11-18(12-14-33)26(34)30-23-10-4-2-8-21(23)27(35)29-16-19-6-5-15-36-19/h1-4,7-10,18-19H,5-6,11-17H2,(H,29,35)(H,30,34). The van der Waals surface area contributed by atoms with E-state index in [0.29, 0.717) is 53.9 Å². The van der Waals surface area contributed by atoms with E-state index in [2.05, 4.69) is 25.7 Å². The summed E-state index contributed by atoms with van der Waals surface area (Å²) >= 11 is 6.24. The quantitative estimate of drug-likeness (QED) is 0.456. The highest BCUT2D eigenvalue weighted by molar-refractivity contribution is 6.33. The lowest BCUT2D eigenvalue weighted by Crippen LogP contribution is -2.38. The SMILES string of the molecule is O=C(NCC1CCCO1)c1ccccc1NC(=O)C1CCN(Cc2nc(-c3ccccc3Cl)no2)CC1. The zero-order valence-corrected chi connectivity index (χ0v) is 21.2. The summed E-state index contributed by atoms with van der Waals surface area (Å²) < 4.78 is 11.0. The molecule has 3 aromatic rings. The van der Waals surface area contributed by atoms with Gasteiger partial charge in [-0.05, 0) is 63.0 Å². The van der Waals surface area contributed by atoms with Gasteiger partial charge in [-0.1, -0.05) is 41.0 Å². The molecule has 2 amide bonds. The van der Waals surface area contributed by atoms with Crippen LogP contribution in [0.15, 0.2) is 53.1 Å². The fraction of sp³-hybridized carbons (Fsp3) is 0.407. The summed E-state index contributed by atoms with van der Waals surface area (Å²) in [6.07, 6.45) is 3.43. The zero-order valence-electron chi connectivity index (χ0n) is 20.5. The molecule has 0 radical (unpaired) electrons. The zero-order chi connectivity index (χ0) is 25.6. The van der Waals surface area contributed by atoms with Crippen molar-refractivity contribution >= 4 is 29.1 Å². The normalized spacial score (nSPS) is 18.6. The molecule has 2 fully saturated rings. The van der Waals surface area contributed by atoms with E-state index in [4.69, 9.17) is 20.9 Å². The Kier molecular flexibility index (Phi) is 8.13. The summed E-state index contributed by atoms with van der Waals surface area (Å²) in [5.74, 6) is 0.560. The molecule has 0 aliphatic carbocycles. The van der Waals surface area contributed by atoms with Crippen molar-refractivity contribution < 1.29 is 18.8 Å². The van der Waals surface area contributed by atoms with Crippen molar-refractivity contribution in [2.45, 2.75) is 38.3 Å². The van der Waals surface area contributed by atoms with Crippen LogP contribution in [0.1, 0.15) is 41.9 Å². The molecular weight excluding hydrogens is 494 g/mol. The fourth-order valence-corrected chi connectivity index (χ4v) is 4.97. The number of nitrogens with zero attached hydrogens (tertiary/aromatic N) is 3. The number of aromatic nitrogens is 2. The number of rotatable bonds is 8. The number of carbonyl (C=O) groups excluding carboxylic acids is 2. The van der Waals surface area contributed by atoms with Crippen LogP contribution in [0, 0.1) is 5.92 Å². The summed E-state index contributed by atoms with van der Waals surface area (Å²) in [5.41, 5.74) is 1.71. The number of amides is 2. The molecule has 2 aromatic carbocycles. The van der Waals surface area contributed by atoms with Gasteiger partial charge in [0.05, 0.1) is 28.9 Å². The number of benzene rings is 2. The summed E-state index contributed by atoms with van der Waals surface area (Å²) in [6, 6.07) is 14.5. The smallest absolute Gasteiger partial charge is 0.253 e. The van der Waals surface area contributed by atoms with E-state index in [0.717, 1.165) is 38.1 Å². The monoisotopic (exact) mass is 523 g/mol. The minimum absolute atomic E-state index is 0.0609. The molecule has 194 valence electrons. The third kappa shape index (κ3) is 6.36. The molecule has 1 atom stereocenters. The first kappa shape index (κ1) is 25.4. The molecule has 5 rings (SSSR count). The maximum Gasteiger partial charge on any atom is 0.253 e. The molecule has 2 aliphatic heterocycles. The third-order valence-electron chi connectivity index (χ3n) is 6.84. The number of carbonyl (C=O) groups is 2. The van der Waals surface area contributed by atoms with Gasteiger partial charge in [0.25, 0.3) is 5.91 Å². The van der Waals surface area contributed by atoms with Crippen molar-refractivity contribution in [2.75, 3.05) is 31.6 Å². The Morgan fingerprint density at radius 1 is 1.05 bits per heavy atom. The second kappa shape index (κ2) is 11.9. The molecule has 0 saturated carbocycles. The number of likely N-dealkylation sites (tertiary alicyclic amines) is 1. The number of halogens is 1. The van der Waals surface area contributed by atoms with E-state index in [1.54, 1.807) is 24.3 Å². The van der Waals surface area contributed by atoms with Gasteiger partial charge in [-0.25, -0.2) is 0 Å². The lowest BCUT2D eigenvalue weighted by atomic mass is 9.95. The summed E-state index contributed by atoms with van der Waals surface area (Å²) in [7, 11) is 0. The molecule has 0 bridgehead atoms. The minimum atomic E-state index is -0.211. The van der Waals surface area contributed by atoms with Gasteiger partial charge in [-0.3, -0.25) is 14.5 Å². The molecule has 2 saturated heterocycles. The van der Waals surface area contributed by atoms with E-state index in [9.17, 15) is 9.59 Å². The predicted octanol–water partition coefficient (Wildman–Crippen LogP) is 4.15. The van der Waals surface area contributed by atoms with E-state index >= 15 is 0 Å². The third-order valence-corrected chi connectivity index (χ3v) is 7.17. The number of para-hydroxylation sites is 1. The van der Waals surface area contributed by atoms with E-state index in [1.165, 1.54) is 0 Å². The van der Waals surface area contributed by atoms with Crippen molar-refractivity contribution in [2.24, 2.45) is 5.92 Å². The van der Waals surface area contributed by atoms with Crippen LogP contribution in [-0.2, 0) is 16.1 Å². The molecule has 37 heavy (non-hydrogen) atoms. The van der Waals surface area contributed by atoms with Gasteiger partial charge >= 0.3 is 0 Å². The lowest BCUT2D eigenvalue weighted by Gasteiger charge is -2.30. The number of piperidine rings is 1. The first-order valence-corrected chi connectivity index (χ1v) is 13.0. The molecule has 3 heterocycles.